The van der Waals surface area contributed by atoms with E-state index in [1.54, 1.807) is 27.7 Å². The van der Waals surface area contributed by atoms with Gasteiger partial charge in [0.25, 0.3) is 0 Å². The summed E-state index contributed by atoms with van der Waals surface area (Å²) in [6.07, 6.45) is -2.70. The van der Waals surface area contributed by atoms with Crippen LogP contribution in [0.4, 0.5) is 0 Å². The fraction of sp³-hybridized carbons (Fsp3) is 0.778. The Morgan fingerprint density at radius 2 is 1.39 bits per heavy atom. The van der Waals surface area contributed by atoms with E-state index in [9.17, 15) is 19.2 Å². The first-order valence-corrected chi connectivity index (χ1v) is 9.84. The van der Waals surface area contributed by atoms with Gasteiger partial charge in [0.05, 0.1) is 0 Å². The molecule has 0 aromatic carbocycles. The maximum absolute atomic E-state index is 12.0. The molecule has 1 aliphatic heterocycles. The number of esters is 3. The zero-order valence-electron chi connectivity index (χ0n) is 16.6. The summed E-state index contributed by atoms with van der Waals surface area (Å²) in [4.78, 5) is 47.3. The number of halogens is 1. The maximum atomic E-state index is 12.0. The number of hydrogen-bond acceptors (Lipinski definition) is 8. The van der Waals surface area contributed by atoms with Gasteiger partial charge in [0.2, 0.25) is 5.91 Å². The largest absolute Gasteiger partial charge is 0.463 e. The molecule has 1 N–H and O–H groups in total. The highest BCUT2D eigenvalue weighted by molar-refractivity contribution is 6.20. The molecular weight excluding hydrogens is 394 g/mol. The Labute approximate surface area is 169 Å². The van der Waals surface area contributed by atoms with Crippen molar-refractivity contribution in [3.05, 3.63) is 0 Å². The number of rotatable bonds is 9. The summed E-state index contributed by atoms with van der Waals surface area (Å²) in [6.45, 7) is 6.24. The summed E-state index contributed by atoms with van der Waals surface area (Å²) in [5.41, 5.74) is -1.09. The lowest BCUT2D eigenvalue weighted by molar-refractivity contribution is -0.214. The van der Waals surface area contributed by atoms with Gasteiger partial charge in [-0.15, -0.1) is 0 Å². The molecule has 0 aliphatic carbocycles. The van der Waals surface area contributed by atoms with Crippen molar-refractivity contribution in [3.8, 4) is 0 Å². The van der Waals surface area contributed by atoms with Gasteiger partial charge in [0.15, 0.2) is 17.8 Å². The first-order chi connectivity index (χ1) is 13.3. The first-order valence-electron chi connectivity index (χ1n) is 9.40. The highest BCUT2D eigenvalue weighted by atomic mass is 35.5. The Balaban J connectivity index is 3.17. The van der Waals surface area contributed by atoms with Crippen molar-refractivity contribution < 1.29 is 38.1 Å². The van der Waals surface area contributed by atoms with Gasteiger partial charge in [0, 0.05) is 25.7 Å². The Hall–Kier alpha value is -1.87. The van der Waals surface area contributed by atoms with Crippen LogP contribution in [0.25, 0.3) is 0 Å². The lowest BCUT2D eigenvalue weighted by Crippen LogP contribution is -2.65. The predicted octanol–water partition coefficient (Wildman–Crippen LogP) is 1.44. The monoisotopic (exact) mass is 421 g/mol. The zero-order chi connectivity index (χ0) is 21.3. The molecule has 1 aliphatic rings. The van der Waals surface area contributed by atoms with Crippen LogP contribution in [0.5, 0.6) is 0 Å². The van der Waals surface area contributed by atoms with Crippen molar-refractivity contribution in [3.63, 3.8) is 0 Å². The maximum Gasteiger partial charge on any atom is 0.306 e. The first kappa shape index (κ1) is 24.2. The van der Waals surface area contributed by atoms with Crippen molar-refractivity contribution in [2.75, 3.05) is 6.61 Å². The third-order valence-corrected chi connectivity index (χ3v) is 4.46. The lowest BCUT2D eigenvalue weighted by atomic mass is 9.97. The van der Waals surface area contributed by atoms with Crippen LogP contribution in [0, 0.1) is 0 Å². The highest BCUT2D eigenvalue weighted by Gasteiger charge is 2.50. The van der Waals surface area contributed by atoms with Crippen LogP contribution >= 0.6 is 11.6 Å². The minimum atomic E-state index is -1.11. The summed E-state index contributed by atoms with van der Waals surface area (Å²) in [5, 5.41) is 2.64. The van der Waals surface area contributed by atoms with Crippen LogP contribution in [-0.2, 0) is 38.1 Å². The Bertz CT molecular complexity index is 570. The predicted molar refractivity (Wildman–Crippen MR) is 98.3 cm³/mol. The van der Waals surface area contributed by atoms with Gasteiger partial charge in [0.1, 0.15) is 18.8 Å². The second-order valence-corrected chi connectivity index (χ2v) is 6.56. The summed E-state index contributed by atoms with van der Waals surface area (Å²) in [5.74, 6) is -1.94. The van der Waals surface area contributed by atoms with E-state index in [2.05, 4.69) is 5.32 Å². The summed E-state index contributed by atoms with van der Waals surface area (Å²) in [6, 6.07) is -0.947. The highest BCUT2D eigenvalue weighted by Crippen LogP contribution is 2.29. The number of hydrogen-bond donors (Lipinski definition) is 1. The summed E-state index contributed by atoms with van der Waals surface area (Å²) in [7, 11) is 0. The number of amides is 1. The van der Waals surface area contributed by atoms with Crippen molar-refractivity contribution >= 4 is 35.4 Å². The molecule has 5 atom stereocenters. The second-order valence-electron chi connectivity index (χ2n) is 6.13. The quantitative estimate of drug-likeness (QED) is 0.337. The van der Waals surface area contributed by atoms with Gasteiger partial charge in [-0.05, 0) is 0 Å². The fourth-order valence-corrected chi connectivity index (χ4v) is 2.83. The molecule has 1 rings (SSSR count). The third-order valence-electron chi connectivity index (χ3n) is 4.09. The van der Waals surface area contributed by atoms with Crippen molar-refractivity contribution in [1.82, 2.24) is 5.32 Å². The van der Waals surface area contributed by atoms with E-state index in [0.29, 0.717) is 0 Å². The number of ether oxygens (including phenoxy) is 4. The van der Waals surface area contributed by atoms with E-state index in [1.807, 2.05) is 0 Å². The molecule has 0 unspecified atom stereocenters. The van der Waals surface area contributed by atoms with Crippen LogP contribution in [0.2, 0.25) is 0 Å². The molecule has 1 amide bonds. The molecule has 9 nitrogen and oxygen atoms in total. The molecule has 1 saturated heterocycles. The molecule has 0 spiro atoms. The smallest absolute Gasteiger partial charge is 0.306 e. The zero-order valence-corrected chi connectivity index (χ0v) is 17.3. The number of alkyl halides is 1. The molecule has 1 heterocycles. The van der Waals surface area contributed by atoms with E-state index >= 15 is 0 Å². The molecule has 0 bridgehead atoms. The molecule has 0 radical (unpaired) electrons. The average Bonchev–Trinajstić information content (AvgIpc) is 2.69. The third kappa shape index (κ3) is 6.94. The molecule has 0 aromatic rings. The minimum absolute atomic E-state index is 0.0721. The second kappa shape index (κ2) is 11.9. The van der Waals surface area contributed by atoms with Gasteiger partial charge in [-0.25, -0.2) is 0 Å². The van der Waals surface area contributed by atoms with Crippen LogP contribution in [0.1, 0.15) is 53.4 Å². The number of carbonyl (C=O) groups excluding carboxylic acids is 4. The van der Waals surface area contributed by atoms with E-state index in [1.165, 1.54) is 0 Å². The van der Waals surface area contributed by atoms with Crippen molar-refractivity contribution in [1.29, 1.82) is 0 Å². The molecule has 0 saturated carbocycles. The van der Waals surface area contributed by atoms with Gasteiger partial charge >= 0.3 is 17.9 Å². The van der Waals surface area contributed by atoms with Gasteiger partial charge in [-0.1, -0.05) is 39.3 Å². The van der Waals surface area contributed by atoms with Crippen LogP contribution in [-0.4, -0.2) is 60.3 Å². The molecule has 28 heavy (non-hydrogen) atoms. The summed E-state index contributed by atoms with van der Waals surface area (Å²) >= 11 is 6.28. The Kier molecular flexibility index (Phi) is 10.2. The normalized spacial score (nSPS) is 26.8. The van der Waals surface area contributed by atoms with E-state index in [-0.39, 0.29) is 38.2 Å². The average molecular weight is 422 g/mol. The van der Waals surface area contributed by atoms with Gasteiger partial charge in [-0.3, -0.25) is 19.2 Å². The molecule has 1 fully saturated rings. The van der Waals surface area contributed by atoms with E-state index < -0.39 is 47.8 Å². The summed E-state index contributed by atoms with van der Waals surface area (Å²) < 4.78 is 21.6. The SMILES string of the molecule is CCC(=O)N[C@@H]1[C@@H](OC(=O)CC)[C@@H](OC(=O)CC)[C@@H](COC(=O)CC)O[C@@H]1Cl. The molecular formula is C18H28ClNO8. The number of carbonyl (C=O) groups is 4. The molecule has 10 heteroatoms. The van der Waals surface area contributed by atoms with E-state index in [4.69, 9.17) is 30.5 Å². The van der Waals surface area contributed by atoms with Crippen molar-refractivity contribution in [2.24, 2.45) is 0 Å². The van der Waals surface area contributed by atoms with E-state index in [0.717, 1.165) is 0 Å². The Morgan fingerprint density at radius 3 is 1.89 bits per heavy atom. The van der Waals surface area contributed by atoms with Gasteiger partial charge in [-0.2, -0.15) is 0 Å². The van der Waals surface area contributed by atoms with Crippen LogP contribution in [0.3, 0.4) is 0 Å². The standard InChI is InChI=1S/C18H28ClNO8/c1-5-11(21)20-15-17(28-14(24)8-4)16(27-13(23)7-3)10(26-18(15)19)9-25-12(22)6-2/h10,15-18H,5-9H2,1-4H3,(H,20,21)/t10-,15-,16+,17-,18+/m1/s1. The minimum Gasteiger partial charge on any atom is -0.463 e. The molecule has 160 valence electrons. The van der Waals surface area contributed by atoms with Crippen molar-refractivity contribution in [2.45, 2.75) is 83.3 Å². The number of nitrogens with one attached hydrogen (secondary N) is 1. The topological polar surface area (TPSA) is 117 Å². The fourth-order valence-electron chi connectivity index (χ4n) is 2.49. The Morgan fingerprint density at radius 1 is 0.857 bits per heavy atom. The van der Waals surface area contributed by atoms with Crippen LogP contribution in [0.15, 0.2) is 0 Å². The molecule has 0 aromatic heterocycles. The van der Waals surface area contributed by atoms with Gasteiger partial charge < -0.3 is 24.3 Å². The lowest BCUT2D eigenvalue weighted by Gasteiger charge is -2.43. The van der Waals surface area contributed by atoms with Crippen LogP contribution < -0.4 is 5.32 Å².